The summed E-state index contributed by atoms with van der Waals surface area (Å²) in [5, 5.41) is 0. The van der Waals surface area contributed by atoms with Crippen molar-refractivity contribution in [2.45, 2.75) is 11.8 Å². The van der Waals surface area contributed by atoms with Gasteiger partial charge in [-0.15, -0.1) is 0 Å². The van der Waals surface area contributed by atoms with Gasteiger partial charge in [0, 0.05) is 6.26 Å². The van der Waals surface area contributed by atoms with Gasteiger partial charge >= 0.3 is 0 Å². The summed E-state index contributed by atoms with van der Waals surface area (Å²) >= 11 is 0. The second-order valence-corrected chi connectivity index (χ2v) is 4.60. The monoisotopic (exact) mass is 188 g/mol. The molecule has 1 aromatic rings. The van der Waals surface area contributed by atoms with Gasteiger partial charge in [-0.05, 0) is 19.1 Å². The predicted molar refractivity (Wildman–Crippen MR) is 47.9 cm³/mol. The highest BCUT2D eigenvalue weighted by Gasteiger charge is 2.04. The van der Waals surface area contributed by atoms with E-state index in [-0.39, 0.29) is 5.48 Å². The van der Waals surface area contributed by atoms with Crippen LogP contribution in [0.25, 0.3) is 0 Å². The van der Waals surface area contributed by atoms with Gasteiger partial charge in [-0.25, -0.2) is 8.42 Å². The molecular formula is C8H12O3S. The SMILES string of the molecule is Cc1ccc(S(C)(=O)=O)cc1.O. The molecule has 0 fully saturated rings. The predicted octanol–water partition coefficient (Wildman–Crippen LogP) is 0.574. The summed E-state index contributed by atoms with van der Waals surface area (Å²) in [6.07, 6.45) is 1.21. The second-order valence-electron chi connectivity index (χ2n) is 2.59. The lowest BCUT2D eigenvalue weighted by molar-refractivity contribution is 0.602. The lowest BCUT2D eigenvalue weighted by Crippen LogP contribution is -1.95. The summed E-state index contributed by atoms with van der Waals surface area (Å²) < 4.78 is 21.9. The van der Waals surface area contributed by atoms with E-state index in [4.69, 9.17) is 0 Å². The Kier molecular flexibility index (Phi) is 3.42. The minimum absolute atomic E-state index is 0. The molecule has 0 amide bonds. The van der Waals surface area contributed by atoms with Crippen LogP contribution in [0.15, 0.2) is 29.2 Å². The van der Waals surface area contributed by atoms with Crippen LogP contribution in [0.4, 0.5) is 0 Å². The molecular weight excluding hydrogens is 176 g/mol. The van der Waals surface area contributed by atoms with E-state index in [2.05, 4.69) is 0 Å². The Morgan fingerprint density at radius 1 is 1.08 bits per heavy atom. The number of sulfone groups is 1. The molecule has 0 aliphatic heterocycles. The summed E-state index contributed by atoms with van der Waals surface area (Å²) in [5.41, 5.74) is 1.07. The smallest absolute Gasteiger partial charge is 0.175 e. The molecule has 1 aromatic carbocycles. The third-order valence-corrected chi connectivity index (χ3v) is 2.58. The zero-order valence-corrected chi connectivity index (χ0v) is 7.85. The molecule has 1 rings (SSSR count). The molecule has 0 heterocycles. The van der Waals surface area contributed by atoms with E-state index < -0.39 is 9.84 Å². The highest BCUT2D eigenvalue weighted by atomic mass is 32.2. The maximum Gasteiger partial charge on any atom is 0.175 e. The summed E-state index contributed by atoms with van der Waals surface area (Å²) in [6, 6.07) is 6.81. The van der Waals surface area contributed by atoms with Crippen molar-refractivity contribution in [1.29, 1.82) is 0 Å². The summed E-state index contributed by atoms with van der Waals surface area (Å²) in [6.45, 7) is 1.92. The van der Waals surface area contributed by atoms with Crippen LogP contribution in [0.3, 0.4) is 0 Å². The molecule has 0 bridgehead atoms. The Labute approximate surface area is 72.3 Å². The number of hydrogen-bond donors (Lipinski definition) is 0. The normalized spacial score (nSPS) is 10.5. The van der Waals surface area contributed by atoms with Crippen molar-refractivity contribution in [3.8, 4) is 0 Å². The number of aryl methyl sites for hydroxylation is 1. The summed E-state index contributed by atoms with van der Waals surface area (Å²) in [5.74, 6) is 0. The molecule has 2 N–H and O–H groups in total. The zero-order valence-electron chi connectivity index (χ0n) is 7.03. The third-order valence-electron chi connectivity index (χ3n) is 1.45. The van der Waals surface area contributed by atoms with Crippen molar-refractivity contribution in [2.75, 3.05) is 6.26 Å². The van der Waals surface area contributed by atoms with E-state index in [1.807, 2.05) is 6.92 Å². The highest BCUT2D eigenvalue weighted by Crippen LogP contribution is 2.08. The van der Waals surface area contributed by atoms with Gasteiger partial charge in [-0.3, -0.25) is 0 Å². The molecule has 4 heteroatoms. The molecule has 0 radical (unpaired) electrons. The van der Waals surface area contributed by atoms with Gasteiger partial charge in [-0.1, -0.05) is 17.7 Å². The van der Waals surface area contributed by atoms with Gasteiger partial charge in [-0.2, -0.15) is 0 Å². The van der Waals surface area contributed by atoms with Crippen LogP contribution in [0, 0.1) is 6.92 Å². The van der Waals surface area contributed by atoms with Crippen molar-refractivity contribution in [3.63, 3.8) is 0 Å². The molecule has 0 saturated carbocycles. The first-order valence-corrected chi connectivity index (χ1v) is 5.16. The maximum atomic E-state index is 10.9. The molecule has 12 heavy (non-hydrogen) atoms. The van der Waals surface area contributed by atoms with Crippen LogP contribution in [0.2, 0.25) is 0 Å². The van der Waals surface area contributed by atoms with Crippen molar-refractivity contribution in [1.82, 2.24) is 0 Å². The van der Waals surface area contributed by atoms with Gasteiger partial charge in [0.05, 0.1) is 4.90 Å². The molecule has 0 aliphatic rings. The van der Waals surface area contributed by atoms with Crippen LogP contribution in [0.5, 0.6) is 0 Å². The summed E-state index contributed by atoms with van der Waals surface area (Å²) in [4.78, 5) is 0.378. The van der Waals surface area contributed by atoms with E-state index in [9.17, 15) is 8.42 Å². The second kappa shape index (κ2) is 3.69. The van der Waals surface area contributed by atoms with E-state index >= 15 is 0 Å². The van der Waals surface area contributed by atoms with Gasteiger partial charge in [0.25, 0.3) is 0 Å². The first kappa shape index (κ1) is 11.1. The van der Waals surface area contributed by atoms with E-state index in [0.717, 1.165) is 5.56 Å². The van der Waals surface area contributed by atoms with Gasteiger partial charge in [0.1, 0.15) is 0 Å². The van der Waals surface area contributed by atoms with E-state index in [1.54, 1.807) is 24.3 Å². The summed E-state index contributed by atoms with van der Waals surface area (Å²) in [7, 11) is -3.02. The van der Waals surface area contributed by atoms with Crippen LogP contribution in [-0.4, -0.2) is 20.1 Å². The number of rotatable bonds is 1. The largest absolute Gasteiger partial charge is 0.412 e. The average Bonchev–Trinajstić information content (AvgIpc) is 1.86. The Morgan fingerprint density at radius 3 is 1.83 bits per heavy atom. The Hall–Kier alpha value is -0.870. The van der Waals surface area contributed by atoms with Crippen molar-refractivity contribution >= 4 is 9.84 Å². The molecule has 0 aromatic heterocycles. The molecule has 0 spiro atoms. The lowest BCUT2D eigenvalue weighted by atomic mass is 10.2. The number of benzene rings is 1. The minimum atomic E-state index is -3.02. The molecule has 0 atom stereocenters. The molecule has 0 unspecified atom stereocenters. The van der Waals surface area contributed by atoms with E-state index in [1.165, 1.54) is 6.26 Å². The minimum Gasteiger partial charge on any atom is -0.412 e. The fourth-order valence-corrected chi connectivity index (χ4v) is 1.42. The zero-order chi connectivity index (χ0) is 8.48. The quantitative estimate of drug-likeness (QED) is 0.646. The first-order valence-electron chi connectivity index (χ1n) is 3.27. The lowest BCUT2D eigenvalue weighted by Gasteiger charge is -1.96. The molecule has 0 saturated heterocycles. The average molecular weight is 188 g/mol. The third kappa shape index (κ3) is 2.64. The Balaban J connectivity index is 0.00000121. The first-order chi connectivity index (χ1) is 5.00. The number of hydrogen-bond acceptors (Lipinski definition) is 2. The standard InChI is InChI=1S/C8H10O2S.H2O/c1-7-3-5-8(6-4-7)11(2,9)10;/h3-6H,1-2H3;1H2. The van der Waals surface area contributed by atoms with Crippen molar-refractivity contribution in [2.24, 2.45) is 0 Å². The maximum absolute atomic E-state index is 10.9. The van der Waals surface area contributed by atoms with Gasteiger partial charge < -0.3 is 5.48 Å². The van der Waals surface area contributed by atoms with Crippen LogP contribution < -0.4 is 0 Å². The van der Waals surface area contributed by atoms with Crippen LogP contribution >= 0.6 is 0 Å². The van der Waals surface area contributed by atoms with Crippen molar-refractivity contribution in [3.05, 3.63) is 29.8 Å². The van der Waals surface area contributed by atoms with Crippen LogP contribution in [0.1, 0.15) is 5.56 Å². The van der Waals surface area contributed by atoms with Crippen LogP contribution in [-0.2, 0) is 9.84 Å². The molecule has 0 aliphatic carbocycles. The Bertz CT molecular complexity index is 337. The molecule has 68 valence electrons. The van der Waals surface area contributed by atoms with Gasteiger partial charge in [0.2, 0.25) is 0 Å². The van der Waals surface area contributed by atoms with Crippen molar-refractivity contribution < 1.29 is 13.9 Å². The van der Waals surface area contributed by atoms with E-state index in [0.29, 0.717) is 4.90 Å². The highest BCUT2D eigenvalue weighted by molar-refractivity contribution is 7.90. The molecule has 3 nitrogen and oxygen atoms in total. The Morgan fingerprint density at radius 2 is 1.50 bits per heavy atom. The fraction of sp³-hybridized carbons (Fsp3) is 0.250. The fourth-order valence-electron chi connectivity index (χ4n) is 0.785. The van der Waals surface area contributed by atoms with Gasteiger partial charge in [0.15, 0.2) is 9.84 Å². The topological polar surface area (TPSA) is 65.6 Å².